The maximum atomic E-state index is 13.9. The van der Waals surface area contributed by atoms with Crippen molar-refractivity contribution in [1.29, 1.82) is 0 Å². The highest BCUT2D eigenvalue weighted by Gasteiger charge is 2.27. The van der Waals surface area contributed by atoms with E-state index in [2.05, 4.69) is 37.6 Å². The summed E-state index contributed by atoms with van der Waals surface area (Å²) in [5.74, 6) is 0.902. The highest BCUT2D eigenvalue weighted by molar-refractivity contribution is 5.80. The minimum atomic E-state index is -0.227. The van der Waals surface area contributed by atoms with Crippen LogP contribution >= 0.6 is 0 Å². The molecule has 0 atom stereocenters. The van der Waals surface area contributed by atoms with Crippen molar-refractivity contribution in [1.82, 2.24) is 24.7 Å². The van der Waals surface area contributed by atoms with Crippen molar-refractivity contribution in [3.8, 4) is 0 Å². The molecule has 0 aliphatic carbocycles. The molecule has 2 fully saturated rings. The summed E-state index contributed by atoms with van der Waals surface area (Å²) in [7, 11) is 0. The van der Waals surface area contributed by atoms with Crippen molar-refractivity contribution in [2.45, 2.75) is 39.2 Å². The molecule has 7 nitrogen and oxygen atoms in total. The quantitative estimate of drug-likeness (QED) is 0.410. The first kappa shape index (κ1) is 26.6. The SMILES string of the molecule is CCCN1CCN(CCCNC(=O)C2CCN(c3nc4ccccc4n3Cc3cccc(F)c3)CC2)CC1. The Hall–Kier alpha value is -2.97. The van der Waals surface area contributed by atoms with E-state index < -0.39 is 0 Å². The molecule has 38 heavy (non-hydrogen) atoms. The number of imidazole rings is 1. The molecule has 0 saturated carbocycles. The smallest absolute Gasteiger partial charge is 0.223 e. The minimum Gasteiger partial charge on any atom is -0.356 e. The maximum Gasteiger partial charge on any atom is 0.223 e. The van der Waals surface area contributed by atoms with Gasteiger partial charge in [0.15, 0.2) is 0 Å². The Morgan fingerprint density at radius 3 is 2.45 bits per heavy atom. The van der Waals surface area contributed by atoms with E-state index in [-0.39, 0.29) is 17.6 Å². The predicted octanol–water partition coefficient (Wildman–Crippen LogP) is 3.97. The van der Waals surface area contributed by atoms with Gasteiger partial charge in [-0.1, -0.05) is 31.2 Å². The van der Waals surface area contributed by atoms with Gasteiger partial charge in [0.05, 0.1) is 17.6 Å². The van der Waals surface area contributed by atoms with Crippen molar-refractivity contribution in [2.75, 3.05) is 63.8 Å². The summed E-state index contributed by atoms with van der Waals surface area (Å²) in [5.41, 5.74) is 2.88. The zero-order valence-corrected chi connectivity index (χ0v) is 22.6. The van der Waals surface area contributed by atoms with Crippen LogP contribution in [0.4, 0.5) is 10.3 Å². The normalized spacial score (nSPS) is 17.8. The van der Waals surface area contributed by atoms with Gasteiger partial charge in [-0.15, -0.1) is 0 Å². The van der Waals surface area contributed by atoms with E-state index in [1.165, 1.54) is 19.0 Å². The predicted molar refractivity (Wildman–Crippen MR) is 151 cm³/mol. The first-order valence-electron chi connectivity index (χ1n) is 14.3. The lowest BCUT2D eigenvalue weighted by Crippen LogP contribution is -2.47. The van der Waals surface area contributed by atoms with Crippen LogP contribution in [0.25, 0.3) is 11.0 Å². The van der Waals surface area contributed by atoms with Crippen LogP contribution in [0.15, 0.2) is 48.5 Å². The van der Waals surface area contributed by atoms with E-state index in [0.29, 0.717) is 6.54 Å². The van der Waals surface area contributed by atoms with E-state index >= 15 is 0 Å². The first-order valence-corrected chi connectivity index (χ1v) is 14.3. The van der Waals surface area contributed by atoms with Crippen LogP contribution in [0.5, 0.6) is 0 Å². The van der Waals surface area contributed by atoms with E-state index in [9.17, 15) is 9.18 Å². The van der Waals surface area contributed by atoms with Gasteiger partial charge in [0, 0.05) is 51.7 Å². The van der Waals surface area contributed by atoms with Gasteiger partial charge in [0.2, 0.25) is 11.9 Å². The number of carbonyl (C=O) groups is 1. The number of nitrogens with zero attached hydrogens (tertiary/aromatic N) is 5. The number of piperidine rings is 1. The molecule has 3 heterocycles. The number of benzene rings is 2. The van der Waals surface area contributed by atoms with Crippen LogP contribution in [0.2, 0.25) is 0 Å². The van der Waals surface area contributed by atoms with Gasteiger partial charge in [-0.05, 0) is 68.6 Å². The molecule has 0 bridgehead atoms. The molecule has 1 N–H and O–H groups in total. The van der Waals surface area contributed by atoms with E-state index in [1.54, 1.807) is 12.1 Å². The third kappa shape index (κ3) is 6.53. The minimum absolute atomic E-state index is 0.0462. The van der Waals surface area contributed by atoms with Crippen LogP contribution in [-0.4, -0.2) is 84.2 Å². The lowest BCUT2D eigenvalue weighted by Gasteiger charge is -2.34. The Morgan fingerprint density at radius 2 is 1.71 bits per heavy atom. The van der Waals surface area contributed by atoms with Crippen molar-refractivity contribution in [2.24, 2.45) is 5.92 Å². The zero-order chi connectivity index (χ0) is 26.3. The zero-order valence-electron chi connectivity index (χ0n) is 22.6. The molecule has 2 aliphatic rings. The van der Waals surface area contributed by atoms with Crippen LogP contribution in [0.3, 0.4) is 0 Å². The molecular weight excluding hydrogens is 479 g/mol. The second-order valence-electron chi connectivity index (χ2n) is 10.7. The summed E-state index contributed by atoms with van der Waals surface area (Å²) in [5, 5.41) is 3.20. The summed E-state index contributed by atoms with van der Waals surface area (Å²) >= 11 is 0. The third-order valence-electron chi connectivity index (χ3n) is 7.97. The van der Waals surface area contributed by atoms with Crippen molar-refractivity contribution >= 4 is 22.9 Å². The lowest BCUT2D eigenvalue weighted by atomic mass is 9.96. The Bertz CT molecular complexity index is 1200. The van der Waals surface area contributed by atoms with Gasteiger partial charge < -0.3 is 24.6 Å². The number of rotatable bonds is 10. The second kappa shape index (κ2) is 12.7. The Morgan fingerprint density at radius 1 is 0.974 bits per heavy atom. The molecule has 2 aliphatic heterocycles. The summed E-state index contributed by atoms with van der Waals surface area (Å²) in [6.45, 7) is 12.0. The highest BCUT2D eigenvalue weighted by Crippen LogP contribution is 2.28. The van der Waals surface area contributed by atoms with Gasteiger partial charge >= 0.3 is 0 Å². The van der Waals surface area contributed by atoms with Crippen molar-refractivity contribution in [3.63, 3.8) is 0 Å². The molecule has 3 aromatic rings. The second-order valence-corrected chi connectivity index (χ2v) is 10.7. The Labute approximate surface area is 225 Å². The molecule has 204 valence electrons. The van der Waals surface area contributed by atoms with Gasteiger partial charge in [-0.25, -0.2) is 9.37 Å². The summed E-state index contributed by atoms with van der Waals surface area (Å²) < 4.78 is 16.0. The number of nitrogens with one attached hydrogen (secondary N) is 1. The molecule has 2 saturated heterocycles. The average molecular weight is 521 g/mol. The first-order chi connectivity index (χ1) is 18.6. The monoisotopic (exact) mass is 520 g/mol. The average Bonchev–Trinajstić information content (AvgIpc) is 3.30. The van der Waals surface area contributed by atoms with E-state index in [1.807, 2.05) is 24.3 Å². The van der Waals surface area contributed by atoms with Gasteiger partial charge in [-0.3, -0.25) is 4.79 Å². The topological polar surface area (TPSA) is 56.6 Å². The summed E-state index contributed by atoms with van der Waals surface area (Å²) in [6, 6.07) is 14.9. The molecule has 0 unspecified atom stereocenters. The fourth-order valence-electron chi connectivity index (χ4n) is 5.83. The van der Waals surface area contributed by atoms with E-state index in [0.717, 1.165) is 94.2 Å². The Balaban J connectivity index is 1.12. The molecule has 0 radical (unpaired) electrons. The van der Waals surface area contributed by atoms with Crippen LogP contribution in [-0.2, 0) is 11.3 Å². The van der Waals surface area contributed by atoms with Crippen molar-refractivity contribution < 1.29 is 9.18 Å². The molecule has 8 heteroatoms. The molecule has 1 amide bonds. The van der Waals surface area contributed by atoms with Gasteiger partial charge in [-0.2, -0.15) is 0 Å². The van der Waals surface area contributed by atoms with Gasteiger partial charge in [0.25, 0.3) is 0 Å². The number of para-hydroxylation sites is 2. The number of fused-ring (bicyclic) bond motifs is 1. The number of anilines is 1. The van der Waals surface area contributed by atoms with E-state index in [4.69, 9.17) is 4.98 Å². The number of halogens is 1. The highest BCUT2D eigenvalue weighted by atomic mass is 19.1. The molecular formula is C30H41FN6O. The largest absolute Gasteiger partial charge is 0.356 e. The standard InChI is InChI=1S/C30H41FN6O/c1-2-14-34-18-20-35(21-19-34)15-6-13-32-29(38)25-11-16-36(17-12-25)30-33-27-9-3-4-10-28(27)37(30)23-24-7-5-8-26(31)22-24/h3-5,7-10,22,25H,2,6,11-21,23H2,1H3,(H,32,38). The summed E-state index contributed by atoms with van der Waals surface area (Å²) in [4.78, 5) is 25.2. The van der Waals surface area contributed by atoms with Crippen LogP contribution < -0.4 is 10.2 Å². The van der Waals surface area contributed by atoms with Crippen molar-refractivity contribution in [3.05, 3.63) is 59.9 Å². The molecule has 0 spiro atoms. The fraction of sp³-hybridized carbons (Fsp3) is 0.533. The number of hydrogen-bond acceptors (Lipinski definition) is 5. The van der Waals surface area contributed by atoms with Gasteiger partial charge in [0.1, 0.15) is 5.82 Å². The number of carbonyl (C=O) groups excluding carboxylic acids is 1. The van der Waals surface area contributed by atoms with Crippen LogP contribution in [0, 0.1) is 11.7 Å². The lowest BCUT2D eigenvalue weighted by molar-refractivity contribution is -0.125. The molecule has 1 aromatic heterocycles. The number of amides is 1. The fourth-order valence-corrected chi connectivity index (χ4v) is 5.83. The number of aromatic nitrogens is 2. The third-order valence-corrected chi connectivity index (χ3v) is 7.97. The molecule has 5 rings (SSSR count). The molecule has 2 aromatic carbocycles. The maximum absolute atomic E-state index is 13.9. The number of piperazine rings is 1. The number of hydrogen-bond donors (Lipinski definition) is 1. The summed E-state index contributed by atoms with van der Waals surface area (Å²) in [6.07, 6.45) is 3.85. The van der Waals surface area contributed by atoms with Crippen LogP contribution in [0.1, 0.15) is 38.2 Å². The Kier molecular flexibility index (Phi) is 8.91.